The summed E-state index contributed by atoms with van der Waals surface area (Å²) in [4.78, 5) is 13.5. The molecule has 1 unspecified atom stereocenters. The van der Waals surface area contributed by atoms with E-state index in [1.807, 2.05) is 0 Å². The second-order valence-electron chi connectivity index (χ2n) is 11.8. The summed E-state index contributed by atoms with van der Waals surface area (Å²) in [6, 6.07) is 0. The van der Waals surface area contributed by atoms with Gasteiger partial charge in [0.2, 0.25) is 0 Å². The second-order valence-corrected chi connectivity index (χ2v) is 11.8. The molecule has 24 heavy (non-hydrogen) atoms. The van der Waals surface area contributed by atoms with E-state index < -0.39 is 5.41 Å². The third-order valence-corrected chi connectivity index (χ3v) is 7.28. The lowest BCUT2D eigenvalue weighted by Gasteiger charge is -2.57. The molecule has 0 radical (unpaired) electrons. The number of esters is 1. The Balaban J connectivity index is 1.81. The Morgan fingerprint density at radius 1 is 0.875 bits per heavy atom. The van der Waals surface area contributed by atoms with E-state index in [1.165, 1.54) is 19.3 Å². The van der Waals surface area contributed by atoms with Crippen molar-refractivity contribution >= 4 is 5.97 Å². The number of hydrogen-bond acceptors (Lipinski definition) is 2. The zero-order valence-corrected chi connectivity index (χ0v) is 17.0. The van der Waals surface area contributed by atoms with E-state index >= 15 is 0 Å². The van der Waals surface area contributed by atoms with Gasteiger partial charge in [-0.1, -0.05) is 41.5 Å². The molecule has 4 fully saturated rings. The van der Waals surface area contributed by atoms with E-state index in [9.17, 15) is 4.79 Å². The van der Waals surface area contributed by atoms with E-state index in [4.69, 9.17) is 4.74 Å². The van der Waals surface area contributed by atoms with E-state index in [0.717, 1.165) is 43.4 Å². The van der Waals surface area contributed by atoms with Gasteiger partial charge >= 0.3 is 5.97 Å². The Labute approximate surface area is 149 Å². The lowest BCUT2D eigenvalue weighted by molar-refractivity contribution is -0.204. The number of carbonyl (C=O) groups is 1. The van der Waals surface area contributed by atoms with Gasteiger partial charge in [0.1, 0.15) is 5.60 Å². The molecule has 4 aliphatic carbocycles. The van der Waals surface area contributed by atoms with Crippen LogP contribution in [0.5, 0.6) is 0 Å². The van der Waals surface area contributed by atoms with Crippen molar-refractivity contribution in [3.63, 3.8) is 0 Å². The van der Waals surface area contributed by atoms with Crippen molar-refractivity contribution in [3.8, 4) is 0 Å². The monoisotopic (exact) mass is 334 g/mol. The maximum absolute atomic E-state index is 13.5. The highest BCUT2D eigenvalue weighted by Crippen LogP contribution is 2.58. The average molecular weight is 335 g/mol. The standard InChI is InChI=1S/C22H38O2/c1-19(2,3)14-21(7,20(4,5)6)18(23)24-22-11-15-8-16(12-22)10-17(9-15)13-22/h15-17H,8-14H2,1-7H3. The molecule has 0 N–H and O–H groups in total. The van der Waals surface area contributed by atoms with Gasteiger partial charge in [0.15, 0.2) is 0 Å². The van der Waals surface area contributed by atoms with Crippen molar-refractivity contribution in [3.05, 3.63) is 0 Å². The Morgan fingerprint density at radius 3 is 1.62 bits per heavy atom. The summed E-state index contributed by atoms with van der Waals surface area (Å²) < 4.78 is 6.45. The van der Waals surface area contributed by atoms with Crippen LogP contribution in [-0.4, -0.2) is 11.6 Å². The topological polar surface area (TPSA) is 26.3 Å². The highest BCUT2D eigenvalue weighted by molar-refractivity contribution is 5.78. The summed E-state index contributed by atoms with van der Waals surface area (Å²) in [7, 11) is 0. The van der Waals surface area contributed by atoms with Gasteiger partial charge in [-0.05, 0) is 80.5 Å². The van der Waals surface area contributed by atoms with Gasteiger partial charge in [-0.25, -0.2) is 0 Å². The Hall–Kier alpha value is -0.530. The number of hydrogen-bond donors (Lipinski definition) is 0. The molecule has 138 valence electrons. The van der Waals surface area contributed by atoms with E-state index in [-0.39, 0.29) is 22.4 Å². The summed E-state index contributed by atoms with van der Waals surface area (Å²) in [5.74, 6) is 2.50. The predicted molar refractivity (Wildman–Crippen MR) is 98.6 cm³/mol. The van der Waals surface area contributed by atoms with Gasteiger partial charge in [0.05, 0.1) is 5.41 Å². The van der Waals surface area contributed by atoms with Crippen LogP contribution >= 0.6 is 0 Å². The molecule has 0 aromatic heterocycles. The average Bonchev–Trinajstić information content (AvgIpc) is 2.32. The molecule has 2 heteroatoms. The lowest BCUT2D eigenvalue weighted by Crippen LogP contribution is -2.55. The highest BCUT2D eigenvalue weighted by Gasteiger charge is 2.56. The van der Waals surface area contributed by atoms with Gasteiger partial charge in [-0.2, -0.15) is 0 Å². The molecule has 0 spiro atoms. The fraction of sp³-hybridized carbons (Fsp3) is 0.955. The Kier molecular flexibility index (Phi) is 4.17. The Morgan fingerprint density at radius 2 is 1.29 bits per heavy atom. The number of rotatable bonds is 3. The fourth-order valence-electron chi connectivity index (χ4n) is 6.17. The number of ether oxygens (including phenoxy) is 1. The first-order chi connectivity index (χ1) is 10.8. The minimum Gasteiger partial charge on any atom is -0.459 e. The predicted octanol–water partition coefficient (Wildman–Crippen LogP) is 5.99. The van der Waals surface area contributed by atoms with Crippen molar-refractivity contribution in [1.82, 2.24) is 0 Å². The van der Waals surface area contributed by atoms with Crippen LogP contribution < -0.4 is 0 Å². The zero-order valence-electron chi connectivity index (χ0n) is 17.0. The highest BCUT2D eigenvalue weighted by atomic mass is 16.6. The van der Waals surface area contributed by atoms with Crippen LogP contribution in [0.25, 0.3) is 0 Å². The first-order valence-corrected chi connectivity index (χ1v) is 10.1. The summed E-state index contributed by atoms with van der Waals surface area (Å²) in [6.07, 6.45) is 8.40. The lowest BCUT2D eigenvalue weighted by atomic mass is 9.54. The molecule has 0 aromatic carbocycles. The van der Waals surface area contributed by atoms with Crippen molar-refractivity contribution < 1.29 is 9.53 Å². The van der Waals surface area contributed by atoms with Crippen molar-refractivity contribution in [2.75, 3.05) is 0 Å². The molecule has 0 heterocycles. The first-order valence-electron chi connectivity index (χ1n) is 10.1. The summed E-state index contributed by atoms with van der Waals surface area (Å²) in [6.45, 7) is 15.4. The van der Waals surface area contributed by atoms with Gasteiger partial charge < -0.3 is 4.74 Å². The first kappa shape index (κ1) is 18.3. The molecule has 0 saturated heterocycles. The smallest absolute Gasteiger partial charge is 0.312 e. The van der Waals surface area contributed by atoms with Crippen LogP contribution in [-0.2, 0) is 9.53 Å². The van der Waals surface area contributed by atoms with Crippen LogP contribution in [0.2, 0.25) is 0 Å². The summed E-state index contributed by atoms with van der Waals surface area (Å²) >= 11 is 0. The van der Waals surface area contributed by atoms with Crippen LogP contribution in [0.15, 0.2) is 0 Å². The van der Waals surface area contributed by atoms with E-state index in [0.29, 0.717) is 0 Å². The minimum absolute atomic E-state index is 0.0619. The second kappa shape index (κ2) is 5.48. The third-order valence-electron chi connectivity index (χ3n) is 7.28. The molecular weight excluding hydrogens is 296 g/mol. The van der Waals surface area contributed by atoms with Crippen molar-refractivity contribution in [2.24, 2.45) is 34.0 Å². The van der Waals surface area contributed by atoms with Crippen LogP contribution in [0, 0.1) is 34.0 Å². The van der Waals surface area contributed by atoms with E-state index in [2.05, 4.69) is 48.5 Å². The van der Waals surface area contributed by atoms with Gasteiger partial charge in [-0.3, -0.25) is 4.79 Å². The fourth-order valence-corrected chi connectivity index (χ4v) is 6.17. The zero-order chi connectivity index (χ0) is 18.0. The van der Waals surface area contributed by atoms with Gasteiger partial charge in [-0.15, -0.1) is 0 Å². The normalized spacial score (nSPS) is 38.0. The van der Waals surface area contributed by atoms with Gasteiger partial charge in [0.25, 0.3) is 0 Å². The molecule has 0 amide bonds. The minimum atomic E-state index is -0.436. The largest absolute Gasteiger partial charge is 0.459 e. The summed E-state index contributed by atoms with van der Waals surface area (Å²) in [5, 5.41) is 0. The SMILES string of the molecule is CC(C)(C)CC(C)(C(=O)OC12CC3CC(CC(C3)C1)C2)C(C)(C)C. The van der Waals surface area contributed by atoms with Gasteiger partial charge in [0, 0.05) is 0 Å². The molecule has 4 rings (SSSR count). The molecule has 1 atom stereocenters. The van der Waals surface area contributed by atoms with Crippen LogP contribution in [0.3, 0.4) is 0 Å². The maximum Gasteiger partial charge on any atom is 0.312 e. The van der Waals surface area contributed by atoms with Crippen LogP contribution in [0.4, 0.5) is 0 Å². The quantitative estimate of drug-likeness (QED) is 0.593. The molecule has 2 nitrogen and oxygen atoms in total. The van der Waals surface area contributed by atoms with E-state index in [1.54, 1.807) is 0 Å². The number of carbonyl (C=O) groups excluding carboxylic acids is 1. The summed E-state index contributed by atoms with van der Waals surface area (Å²) in [5.41, 5.74) is -0.549. The van der Waals surface area contributed by atoms with Crippen molar-refractivity contribution in [1.29, 1.82) is 0 Å². The molecule has 0 aliphatic heterocycles. The molecule has 4 aliphatic rings. The van der Waals surface area contributed by atoms with Crippen molar-refractivity contribution in [2.45, 2.75) is 99.0 Å². The molecular formula is C22H38O2. The molecule has 4 bridgehead atoms. The van der Waals surface area contributed by atoms with Crippen LogP contribution in [0.1, 0.15) is 93.4 Å². The third kappa shape index (κ3) is 3.27. The molecule has 4 saturated carbocycles. The molecule has 0 aromatic rings. The maximum atomic E-state index is 13.5. The Bertz CT molecular complexity index is 470.